The highest BCUT2D eigenvalue weighted by atomic mass is 16.5. The number of carbonyl (C=O) groups is 1. The molecular formula is C22H22O3. The van der Waals surface area contributed by atoms with Crippen LogP contribution in [0.1, 0.15) is 24.8 Å². The lowest BCUT2D eigenvalue weighted by molar-refractivity contribution is -0.137. The first-order valence-corrected chi connectivity index (χ1v) is 8.32. The van der Waals surface area contributed by atoms with Gasteiger partial charge in [-0.2, -0.15) is 0 Å². The van der Waals surface area contributed by atoms with E-state index in [2.05, 4.69) is 12.5 Å². The van der Waals surface area contributed by atoms with E-state index in [1.807, 2.05) is 48.5 Å². The van der Waals surface area contributed by atoms with Crippen molar-refractivity contribution >= 4 is 5.97 Å². The third-order valence-electron chi connectivity index (χ3n) is 3.71. The molecule has 128 valence electrons. The van der Waals surface area contributed by atoms with Crippen LogP contribution < -0.4 is 4.74 Å². The number of rotatable bonds is 9. The Morgan fingerprint density at radius 1 is 0.960 bits per heavy atom. The number of unbranched alkanes of at least 4 members (excludes halogenated alkanes) is 2. The molecule has 0 unspecified atom stereocenters. The van der Waals surface area contributed by atoms with Crippen molar-refractivity contribution in [2.45, 2.75) is 19.3 Å². The van der Waals surface area contributed by atoms with Gasteiger partial charge in [0.15, 0.2) is 0 Å². The van der Waals surface area contributed by atoms with Gasteiger partial charge in [0.05, 0.1) is 13.2 Å². The number of benzene rings is 2. The highest BCUT2D eigenvalue weighted by Gasteiger charge is 2.00. The average Bonchev–Trinajstić information content (AvgIpc) is 2.67. The van der Waals surface area contributed by atoms with Crippen LogP contribution in [0.2, 0.25) is 0 Å². The maximum Gasteiger partial charge on any atom is 0.330 e. The summed E-state index contributed by atoms with van der Waals surface area (Å²) < 4.78 is 10.6. The van der Waals surface area contributed by atoms with Crippen LogP contribution in [0, 0.1) is 12.3 Å². The molecule has 0 aliphatic rings. The summed E-state index contributed by atoms with van der Waals surface area (Å²) in [5, 5.41) is 0. The van der Waals surface area contributed by atoms with Gasteiger partial charge in [0, 0.05) is 11.6 Å². The number of hydrogen-bond acceptors (Lipinski definition) is 3. The zero-order chi connectivity index (χ0) is 17.9. The van der Waals surface area contributed by atoms with Gasteiger partial charge in [-0.15, -0.1) is 6.42 Å². The lowest BCUT2D eigenvalue weighted by atomic mass is 10.0. The highest BCUT2D eigenvalue weighted by Crippen LogP contribution is 2.22. The second-order valence-electron chi connectivity index (χ2n) is 5.53. The highest BCUT2D eigenvalue weighted by molar-refractivity contribution is 5.81. The SMILES string of the molecule is C#Cc1ccc(-c2ccc(OCCCCCOC(=O)C=C)cc2)cc1. The first-order chi connectivity index (χ1) is 12.2. The molecule has 2 aromatic rings. The fourth-order valence-corrected chi connectivity index (χ4v) is 2.31. The molecule has 0 amide bonds. The molecule has 3 heteroatoms. The van der Waals surface area contributed by atoms with E-state index >= 15 is 0 Å². The van der Waals surface area contributed by atoms with Crippen LogP contribution in [0.25, 0.3) is 11.1 Å². The summed E-state index contributed by atoms with van der Waals surface area (Å²) in [5.74, 6) is 3.09. The fourth-order valence-electron chi connectivity index (χ4n) is 2.31. The Hall–Kier alpha value is -2.99. The largest absolute Gasteiger partial charge is 0.494 e. The van der Waals surface area contributed by atoms with Crippen molar-refractivity contribution in [3.05, 3.63) is 66.7 Å². The van der Waals surface area contributed by atoms with Gasteiger partial charge in [-0.3, -0.25) is 0 Å². The van der Waals surface area contributed by atoms with Crippen LogP contribution in [-0.4, -0.2) is 19.2 Å². The van der Waals surface area contributed by atoms with Gasteiger partial charge in [0.25, 0.3) is 0 Å². The number of esters is 1. The van der Waals surface area contributed by atoms with E-state index in [0.29, 0.717) is 13.2 Å². The Balaban J connectivity index is 1.70. The molecular weight excluding hydrogens is 312 g/mol. The quantitative estimate of drug-likeness (QED) is 0.291. The predicted octanol–water partition coefficient (Wildman–Crippen LogP) is 4.61. The van der Waals surface area contributed by atoms with Crippen molar-refractivity contribution < 1.29 is 14.3 Å². The molecule has 0 saturated heterocycles. The predicted molar refractivity (Wildman–Crippen MR) is 100 cm³/mol. The first kappa shape index (κ1) is 18.4. The second kappa shape index (κ2) is 10.00. The number of ether oxygens (including phenoxy) is 2. The van der Waals surface area contributed by atoms with Crippen molar-refractivity contribution in [2.24, 2.45) is 0 Å². The van der Waals surface area contributed by atoms with E-state index < -0.39 is 0 Å². The van der Waals surface area contributed by atoms with Crippen molar-refractivity contribution in [2.75, 3.05) is 13.2 Å². The van der Waals surface area contributed by atoms with Crippen LogP contribution in [0.3, 0.4) is 0 Å². The summed E-state index contributed by atoms with van der Waals surface area (Å²) in [7, 11) is 0. The number of carbonyl (C=O) groups excluding carboxylic acids is 1. The van der Waals surface area contributed by atoms with Crippen LogP contribution in [0.15, 0.2) is 61.2 Å². The topological polar surface area (TPSA) is 35.5 Å². The first-order valence-electron chi connectivity index (χ1n) is 8.32. The Bertz CT molecular complexity index is 721. The Kier molecular flexibility index (Phi) is 7.34. The van der Waals surface area contributed by atoms with E-state index in [0.717, 1.165) is 41.7 Å². The van der Waals surface area contributed by atoms with Gasteiger partial charge in [-0.05, 0) is 54.7 Å². The summed E-state index contributed by atoms with van der Waals surface area (Å²) in [5.41, 5.74) is 3.13. The zero-order valence-corrected chi connectivity index (χ0v) is 14.2. The summed E-state index contributed by atoms with van der Waals surface area (Å²) in [6, 6.07) is 15.9. The second-order valence-corrected chi connectivity index (χ2v) is 5.53. The van der Waals surface area contributed by atoms with Gasteiger partial charge in [0.2, 0.25) is 0 Å². The minimum Gasteiger partial charge on any atom is -0.494 e. The molecule has 0 spiro atoms. The van der Waals surface area contributed by atoms with Gasteiger partial charge < -0.3 is 9.47 Å². The van der Waals surface area contributed by atoms with E-state index in [4.69, 9.17) is 15.9 Å². The van der Waals surface area contributed by atoms with E-state index in [9.17, 15) is 4.79 Å². The van der Waals surface area contributed by atoms with Crippen LogP contribution in [-0.2, 0) is 9.53 Å². The summed E-state index contributed by atoms with van der Waals surface area (Å²) >= 11 is 0. The Labute approximate surface area is 149 Å². The summed E-state index contributed by atoms with van der Waals surface area (Å²) in [6.07, 6.45) is 9.24. The van der Waals surface area contributed by atoms with Gasteiger partial charge >= 0.3 is 5.97 Å². The molecule has 0 aliphatic heterocycles. The molecule has 0 bridgehead atoms. The Morgan fingerprint density at radius 3 is 2.16 bits per heavy atom. The fraction of sp³-hybridized carbons (Fsp3) is 0.227. The normalized spacial score (nSPS) is 9.88. The molecule has 3 nitrogen and oxygen atoms in total. The van der Waals surface area contributed by atoms with E-state index in [1.165, 1.54) is 6.08 Å². The molecule has 0 N–H and O–H groups in total. The standard InChI is InChI=1S/C22H22O3/c1-3-18-8-10-19(11-9-18)20-12-14-21(15-13-20)24-16-6-5-7-17-25-22(23)4-2/h1,4,8-15H,2,5-7,16-17H2. The third-order valence-corrected chi connectivity index (χ3v) is 3.71. The maximum atomic E-state index is 10.9. The lowest BCUT2D eigenvalue weighted by Crippen LogP contribution is -2.03. The van der Waals surface area contributed by atoms with Crippen LogP contribution in [0.4, 0.5) is 0 Å². The van der Waals surface area contributed by atoms with Crippen molar-refractivity contribution in [1.82, 2.24) is 0 Å². The maximum absolute atomic E-state index is 10.9. The van der Waals surface area contributed by atoms with E-state index in [-0.39, 0.29) is 5.97 Å². The minimum absolute atomic E-state index is 0.370. The molecule has 0 saturated carbocycles. The molecule has 0 aromatic heterocycles. The number of hydrogen-bond donors (Lipinski definition) is 0. The average molecular weight is 334 g/mol. The summed E-state index contributed by atoms with van der Waals surface area (Å²) in [6.45, 7) is 4.43. The van der Waals surface area contributed by atoms with Gasteiger partial charge in [-0.1, -0.05) is 36.8 Å². The van der Waals surface area contributed by atoms with Crippen molar-refractivity contribution in [3.63, 3.8) is 0 Å². The van der Waals surface area contributed by atoms with E-state index in [1.54, 1.807) is 0 Å². The van der Waals surface area contributed by atoms with Crippen molar-refractivity contribution in [3.8, 4) is 29.2 Å². The molecule has 0 radical (unpaired) electrons. The summed E-state index contributed by atoms with van der Waals surface area (Å²) in [4.78, 5) is 10.9. The molecule has 0 heterocycles. The van der Waals surface area contributed by atoms with Crippen LogP contribution in [0.5, 0.6) is 5.75 Å². The minimum atomic E-state index is -0.370. The monoisotopic (exact) mass is 334 g/mol. The Morgan fingerprint density at radius 2 is 1.56 bits per heavy atom. The smallest absolute Gasteiger partial charge is 0.330 e. The molecule has 25 heavy (non-hydrogen) atoms. The third kappa shape index (κ3) is 6.19. The van der Waals surface area contributed by atoms with Gasteiger partial charge in [0.1, 0.15) is 5.75 Å². The number of terminal acetylenes is 1. The van der Waals surface area contributed by atoms with Crippen LogP contribution >= 0.6 is 0 Å². The lowest BCUT2D eigenvalue weighted by Gasteiger charge is -2.08. The molecule has 0 fully saturated rings. The molecule has 0 atom stereocenters. The molecule has 0 aliphatic carbocycles. The molecule has 2 aromatic carbocycles. The van der Waals surface area contributed by atoms with Gasteiger partial charge in [-0.25, -0.2) is 4.79 Å². The molecule has 2 rings (SSSR count). The van der Waals surface area contributed by atoms with Crippen molar-refractivity contribution in [1.29, 1.82) is 0 Å². The zero-order valence-electron chi connectivity index (χ0n) is 14.2.